The summed E-state index contributed by atoms with van der Waals surface area (Å²) in [6.07, 6.45) is 0.401. The van der Waals surface area contributed by atoms with E-state index in [2.05, 4.69) is 22.4 Å². The second kappa shape index (κ2) is 9.07. The van der Waals surface area contributed by atoms with Crippen molar-refractivity contribution in [2.45, 2.75) is 40.2 Å². The standard InChI is InChI=1S/C23H24ClN5O3S/c1-5-16(23(31)32)20-21-28-27-13(4)29(21)22-18(11(2)12(3)33-22)19(26-20)14-6-8-15(9-7-14)25-17(30)10-24/h6-9,16,20H,5,10H2,1-4H3,(H,25,30)(H,31,32). The SMILES string of the molecule is CCC(C(=O)O)C1N=C(c2ccc(NC(=O)CCl)cc2)c2c(sc(C)c2C)-n2c(C)nnc21. The van der Waals surface area contributed by atoms with Crippen molar-refractivity contribution in [2.75, 3.05) is 11.2 Å². The number of fused-ring (bicyclic) bond motifs is 3. The van der Waals surface area contributed by atoms with E-state index in [1.165, 1.54) is 0 Å². The number of anilines is 1. The van der Waals surface area contributed by atoms with Gasteiger partial charge in [-0.05, 0) is 44.9 Å². The van der Waals surface area contributed by atoms with Crippen molar-refractivity contribution in [3.05, 3.63) is 57.5 Å². The van der Waals surface area contributed by atoms with Crippen LogP contribution in [0, 0.1) is 26.7 Å². The molecule has 0 spiro atoms. The van der Waals surface area contributed by atoms with Crippen molar-refractivity contribution < 1.29 is 14.7 Å². The van der Waals surface area contributed by atoms with Crippen molar-refractivity contribution in [3.63, 3.8) is 0 Å². The van der Waals surface area contributed by atoms with Crippen LogP contribution in [0.5, 0.6) is 0 Å². The molecular weight excluding hydrogens is 462 g/mol. The highest BCUT2D eigenvalue weighted by molar-refractivity contribution is 7.15. The first-order valence-corrected chi connectivity index (χ1v) is 11.9. The van der Waals surface area contributed by atoms with Gasteiger partial charge in [-0.2, -0.15) is 0 Å². The van der Waals surface area contributed by atoms with Gasteiger partial charge in [0.25, 0.3) is 0 Å². The Morgan fingerprint density at radius 2 is 1.91 bits per heavy atom. The smallest absolute Gasteiger partial charge is 0.309 e. The Kier molecular flexibility index (Phi) is 6.36. The monoisotopic (exact) mass is 485 g/mol. The maximum Gasteiger partial charge on any atom is 0.309 e. The molecule has 3 aromatic rings. The number of carboxylic acids is 1. The highest BCUT2D eigenvalue weighted by Crippen LogP contribution is 2.41. The number of hydrogen-bond acceptors (Lipinski definition) is 6. The van der Waals surface area contributed by atoms with E-state index in [0.717, 1.165) is 26.6 Å². The predicted molar refractivity (Wildman–Crippen MR) is 129 cm³/mol. The van der Waals surface area contributed by atoms with Crippen LogP contribution in [0.1, 0.15) is 52.6 Å². The van der Waals surface area contributed by atoms with E-state index in [4.69, 9.17) is 16.6 Å². The second-order valence-corrected chi connectivity index (χ2v) is 9.41. The summed E-state index contributed by atoms with van der Waals surface area (Å²) < 4.78 is 1.95. The van der Waals surface area contributed by atoms with Crippen molar-refractivity contribution in [1.82, 2.24) is 14.8 Å². The third-order valence-electron chi connectivity index (χ3n) is 5.89. The van der Waals surface area contributed by atoms with Crippen LogP contribution in [-0.2, 0) is 9.59 Å². The highest BCUT2D eigenvalue weighted by atomic mass is 35.5. The minimum atomic E-state index is -0.921. The third-order valence-corrected chi connectivity index (χ3v) is 7.33. The average Bonchev–Trinajstić information content (AvgIpc) is 3.26. The molecule has 1 amide bonds. The number of amides is 1. The summed E-state index contributed by atoms with van der Waals surface area (Å²) in [5.41, 5.74) is 4.18. The van der Waals surface area contributed by atoms with Gasteiger partial charge < -0.3 is 10.4 Å². The second-order valence-electron chi connectivity index (χ2n) is 7.94. The van der Waals surface area contributed by atoms with Crippen molar-refractivity contribution in [3.8, 4) is 5.00 Å². The first kappa shape index (κ1) is 23.1. The summed E-state index contributed by atoms with van der Waals surface area (Å²) in [6.45, 7) is 7.80. The van der Waals surface area contributed by atoms with Crippen LogP contribution < -0.4 is 5.32 Å². The van der Waals surface area contributed by atoms with Crippen LogP contribution >= 0.6 is 22.9 Å². The molecule has 1 aliphatic heterocycles. The lowest BCUT2D eigenvalue weighted by Gasteiger charge is -2.18. The molecule has 8 nitrogen and oxygen atoms in total. The molecule has 1 aliphatic rings. The van der Waals surface area contributed by atoms with Gasteiger partial charge >= 0.3 is 5.97 Å². The van der Waals surface area contributed by atoms with Gasteiger partial charge in [0, 0.05) is 21.7 Å². The van der Waals surface area contributed by atoms with Gasteiger partial charge in [0.15, 0.2) is 5.82 Å². The maximum absolute atomic E-state index is 12.1. The number of thiophene rings is 1. The lowest BCUT2D eigenvalue weighted by atomic mass is 9.95. The molecule has 0 aliphatic carbocycles. The predicted octanol–water partition coefficient (Wildman–Crippen LogP) is 4.43. The fraction of sp³-hybridized carbons (Fsp3) is 0.348. The van der Waals surface area contributed by atoms with Gasteiger partial charge in [0.1, 0.15) is 22.7 Å². The van der Waals surface area contributed by atoms with Gasteiger partial charge in [-0.3, -0.25) is 19.1 Å². The number of aryl methyl sites for hydroxylation is 2. The van der Waals surface area contributed by atoms with Gasteiger partial charge in [0.05, 0.1) is 11.6 Å². The minimum absolute atomic E-state index is 0.126. The summed E-state index contributed by atoms with van der Waals surface area (Å²) in [7, 11) is 0. The Balaban J connectivity index is 1.94. The third kappa shape index (κ3) is 4.06. The lowest BCUT2D eigenvalue weighted by molar-refractivity contribution is -0.142. The van der Waals surface area contributed by atoms with E-state index in [9.17, 15) is 14.7 Å². The number of aliphatic imine (C=N–C) groups is 1. The van der Waals surface area contributed by atoms with Crippen molar-refractivity contribution in [1.29, 1.82) is 0 Å². The van der Waals surface area contributed by atoms with E-state index in [1.54, 1.807) is 23.5 Å². The Labute approximate surface area is 200 Å². The molecule has 3 heterocycles. The van der Waals surface area contributed by atoms with Crippen LogP contribution in [0.25, 0.3) is 5.00 Å². The molecular formula is C23H24ClN5O3S. The van der Waals surface area contributed by atoms with Crippen LogP contribution in [0.3, 0.4) is 0 Å². The largest absolute Gasteiger partial charge is 0.481 e. The Morgan fingerprint density at radius 1 is 1.21 bits per heavy atom. The zero-order valence-corrected chi connectivity index (χ0v) is 20.3. The fourth-order valence-corrected chi connectivity index (χ4v) is 5.34. The van der Waals surface area contributed by atoms with Gasteiger partial charge in [-0.25, -0.2) is 0 Å². The van der Waals surface area contributed by atoms with Gasteiger partial charge in [0.2, 0.25) is 5.91 Å². The number of rotatable bonds is 6. The van der Waals surface area contributed by atoms with E-state index < -0.39 is 17.9 Å². The molecule has 4 rings (SSSR count). The topological polar surface area (TPSA) is 109 Å². The molecule has 2 aromatic heterocycles. The van der Waals surface area contributed by atoms with E-state index in [0.29, 0.717) is 29.5 Å². The highest BCUT2D eigenvalue weighted by Gasteiger charge is 2.37. The summed E-state index contributed by atoms with van der Waals surface area (Å²) in [5.74, 6) is -0.864. The number of aliphatic carboxylic acids is 1. The Hall–Kier alpha value is -3.04. The molecule has 10 heteroatoms. The molecule has 33 heavy (non-hydrogen) atoms. The zero-order chi connectivity index (χ0) is 23.9. The number of carbonyl (C=O) groups excluding carboxylic acids is 1. The fourth-order valence-electron chi connectivity index (χ4n) is 4.06. The van der Waals surface area contributed by atoms with Crippen LogP contribution in [0.2, 0.25) is 0 Å². The Morgan fingerprint density at radius 3 is 2.52 bits per heavy atom. The van der Waals surface area contributed by atoms with E-state index in [-0.39, 0.29) is 11.8 Å². The summed E-state index contributed by atoms with van der Waals surface area (Å²) >= 11 is 7.21. The number of carboxylic acid groups (broad SMARTS) is 1. The first-order chi connectivity index (χ1) is 15.8. The zero-order valence-electron chi connectivity index (χ0n) is 18.7. The average molecular weight is 486 g/mol. The number of benzene rings is 1. The first-order valence-electron chi connectivity index (χ1n) is 10.6. The molecule has 1 aromatic carbocycles. The molecule has 0 fully saturated rings. The lowest BCUT2D eigenvalue weighted by Crippen LogP contribution is -2.23. The molecule has 0 radical (unpaired) electrons. The summed E-state index contributed by atoms with van der Waals surface area (Å²) in [4.78, 5) is 29.9. The van der Waals surface area contributed by atoms with Crippen molar-refractivity contribution in [2.24, 2.45) is 10.9 Å². The van der Waals surface area contributed by atoms with E-state index >= 15 is 0 Å². The molecule has 2 atom stereocenters. The van der Waals surface area contributed by atoms with Crippen LogP contribution in [-0.4, -0.2) is 43.3 Å². The van der Waals surface area contributed by atoms with Gasteiger partial charge in [-0.15, -0.1) is 33.1 Å². The number of hydrogen-bond donors (Lipinski definition) is 2. The number of nitrogens with zero attached hydrogens (tertiary/aromatic N) is 4. The number of halogens is 1. The van der Waals surface area contributed by atoms with Crippen LogP contribution in [0.15, 0.2) is 29.3 Å². The van der Waals surface area contributed by atoms with E-state index in [1.807, 2.05) is 37.5 Å². The maximum atomic E-state index is 12.1. The molecule has 172 valence electrons. The quantitative estimate of drug-likeness (QED) is 0.502. The molecule has 2 unspecified atom stereocenters. The number of aromatic nitrogens is 3. The Bertz CT molecular complexity index is 1260. The normalized spacial score (nSPS) is 15.8. The summed E-state index contributed by atoms with van der Waals surface area (Å²) in [5, 5.41) is 22.2. The number of nitrogens with one attached hydrogen (secondary N) is 1. The number of alkyl halides is 1. The molecule has 0 saturated carbocycles. The van der Waals surface area contributed by atoms with Gasteiger partial charge in [-0.1, -0.05) is 19.1 Å². The number of carbonyl (C=O) groups is 2. The molecule has 0 saturated heterocycles. The van der Waals surface area contributed by atoms with Crippen molar-refractivity contribution >= 4 is 46.2 Å². The van der Waals surface area contributed by atoms with Crippen LogP contribution in [0.4, 0.5) is 5.69 Å². The minimum Gasteiger partial charge on any atom is -0.481 e. The molecule has 2 N–H and O–H groups in total. The molecule has 0 bridgehead atoms. The summed E-state index contributed by atoms with van der Waals surface area (Å²) in [6, 6.07) is 6.62.